The van der Waals surface area contributed by atoms with E-state index >= 15 is 0 Å². The summed E-state index contributed by atoms with van der Waals surface area (Å²) in [5.41, 5.74) is 0.773. The van der Waals surface area contributed by atoms with E-state index in [0.29, 0.717) is 11.1 Å². The fourth-order valence-electron chi connectivity index (χ4n) is 1.28. The average molecular weight is 247 g/mol. The minimum Gasteiger partial charge on any atom is -0.475 e. The number of nitrogens with one attached hydrogen (secondary N) is 1. The first kappa shape index (κ1) is 14.0. The van der Waals surface area contributed by atoms with E-state index in [9.17, 15) is 0 Å². The summed E-state index contributed by atoms with van der Waals surface area (Å²) in [4.78, 5) is 4.05. The molecule has 0 aliphatic heterocycles. The molecule has 18 heavy (non-hydrogen) atoms. The molecule has 5 nitrogen and oxygen atoms in total. The number of aromatic nitrogens is 1. The van der Waals surface area contributed by atoms with Crippen molar-refractivity contribution in [3.8, 4) is 11.9 Å². The lowest BCUT2D eigenvalue weighted by Crippen LogP contribution is -2.13. The Labute approximate surface area is 107 Å². The van der Waals surface area contributed by atoms with Crippen LogP contribution < -0.4 is 4.74 Å². The summed E-state index contributed by atoms with van der Waals surface area (Å²) in [6.07, 6.45) is 1.33. The van der Waals surface area contributed by atoms with Crippen molar-refractivity contribution in [1.29, 1.82) is 10.7 Å². The zero-order chi connectivity index (χ0) is 13.7. The number of hydrogen-bond donors (Lipinski definition) is 1. The van der Waals surface area contributed by atoms with E-state index in [2.05, 4.69) is 4.98 Å². The molecule has 0 saturated heterocycles. The molecule has 0 fully saturated rings. The number of hydrogen-bond acceptors (Lipinski definition) is 5. The predicted molar refractivity (Wildman–Crippen MR) is 67.8 cm³/mol. The second-order valence-corrected chi connectivity index (χ2v) is 4.35. The van der Waals surface area contributed by atoms with Crippen LogP contribution in [-0.4, -0.2) is 23.1 Å². The molecule has 0 atom stereocenters. The van der Waals surface area contributed by atoms with Crippen LogP contribution in [0.1, 0.15) is 38.8 Å². The zero-order valence-electron chi connectivity index (χ0n) is 11.0. The Morgan fingerprint density at radius 2 is 2.00 bits per heavy atom. The number of nitrogens with zero attached hydrogens (tertiary/aromatic N) is 2. The van der Waals surface area contributed by atoms with Gasteiger partial charge in [-0.2, -0.15) is 5.26 Å². The van der Waals surface area contributed by atoms with Gasteiger partial charge >= 0.3 is 0 Å². The molecular weight excluding hydrogens is 230 g/mol. The second kappa shape index (κ2) is 6.01. The van der Waals surface area contributed by atoms with Gasteiger partial charge in [-0.1, -0.05) is 0 Å². The highest BCUT2D eigenvalue weighted by molar-refractivity contribution is 5.91. The first-order valence-corrected chi connectivity index (χ1v) is 5.76. The molecule has 0 unspecified atom stereocenters. The summed E-state index contributed by atoms with van der Waals surface area (Å²) in [5, 5.41) is 16.8. The van der Waals surface area contributed by atoms with Gasteiger partial charge in [-0.05, 0) is 33.8 Å². The highest BCUT2D eigenvalue weighted by atomic mass is 16.5. The van der Waals surface area contributed by atoms with Crippen LogP contribution >= 0.6 is 0 Å². The van der Waals surface area contributed by atoms with Crippen LogP contribution in [0.5, 0.6) is 5.88 Å². The third-order valence-electron chi connectivity index (χ3n) is 1.93. The predicted octanol–water partition coefficient (Wildman–Crippen LogP) is 2.49. The van der Waals surface area contributed by atoms with Gasteiger partial charge in [0.05, 0.1) is 17.8 Å². The van der Waals surface area contributed by atoms with Gasteiger partial charge in [-0.3, -0.25) is 5.41 Å². The van der Waals surface area contributed by atoms with E-state index in [4.69, 9.17) is 20.1 Å². The fraction of sp³-hybridized carbons (Fsp3) is 0.462. The van der Waals surface area contributed by atoms with Crippen LogP contribution in [0, 0.1) is 16.7 Å². The molecule has 0 aromatic carbocycles. The molecule has 0 spiro atoms. The maximum absolute atomic E-state index is 9.04. The van der Waals surface area contributed by atoms with Crippen LogP contribution in [0.3, 0.4) is 0 Å². The van der Waals surface area contributed by atoms with E-state index in [-0.39, 0.29) is 24.0 Å². The van der Waals surface area contributed by atoms with Gasteiger partial charge in [-0.25, -0.2) is 4.98 Å². The molecule has 0 bridgehead atoms. The number of rotatable bonds is 4. The van der Waals surface area contributed by atoms with Crippen LogP contribution in [-0.2, 0) is 4.74 Å². The lowest BCUT2D eigenvalue weighted by atomic mass is 10.2. The molecule has 1 N–H and O–H groups in total. The van der Waals surface area contributed by atoms with Gasteiger partial charge in [0.25, 0.3) is 0 Å². The van der Waals surface area contributed by atoms with Crippen molar-refractivity contribution >= 4 is 5.90 Å². The Bertz CT molecular complexity index is 476. The van der Waals surface area contributed by atoms with Gasteiger partial charge in [0, 0.05) is 6.20 Å². The van der Waals surface area contributed by atoms with Crippen LogP contribution in [0.2, 0.25) is 0 Å². The first-order valence-electron chi connectivity index (χ1n) is 5.76. The van der Waals surface area contributed by atoms with E-state index in [1.54, 1.807) is 6.07 Å². The Morgan fingerprint density at radius 1 is 1.33 bits per heavy atom. The van der Waals surface area contributed by atoms with Gasteiger partial charge < -0.3 is 9.47 Å². The minimum absolute atomic E-state index is 0.00472. The summed E-state index contributed by atoms with van der Waals surface area (Å²) >= 11 is 0. The maximum atomic E-state index is 9.04. The summed E-state index contributed by atoms with van der Waals surface area (Å²) in [7, 11) is 0. The van der Waals surface area contributed by atoms with Gasteiger partial charge in [0.15, 0.2) is 0 Å². The molecule has 96 valence electrons. The van der Waals surface area contributed by atoms with Gasteiger partial charge in [0.1, 0.15) is 11.6 Å². The van der Waals surface area contributed by atoms with Crippen molar-refractivity contribution in [2.24, 2.45) is 0 Å². The summed E-state index contributed by atoms with van der Waals surface area (Å²) in [6, 6.07) is 3.56. The molecule has 0 aliphatic rings. The van der Waals surface area contributed by atoms with Crippen molar-refractivity contribution in [2.75, 3.05) is 0 Å². The first-order chi connectivity index (χ1) is 8.43. The Balaban J connectivity index is 2.99. The largest absolute Gasteiger partial charge is 0.475 e. The molecule has 0 radical (unpaired) electrons. The quantitative estimate of drug-likeness (QED) is 0.654. The third-order valence-corrected chi connectivity index (χ3v) is 1.93. The van der Waals surface area contributed by atoms with E-state index in [0.717, 1.165) is 0 Å². The number of nitriles is 1. The van der Waals surface area contributed by atoms with Crippen molar-refractivity contribution < 1.29 is 9.47 Å². The maximum Gasteiger partial charge on any atom is 0.231 e. The van der Waals surface area contributed by atoms with Crippen molar-refractivity contribution in [1.82, 2.24) is 4.98 Å². The minimum atomic E-state index is -0.0883. The molecule has 0 saturated carbocycles. The smallest absolute Gasteiger partial charge is 0.231 e. The van der Waals surface area contributed by atoms with Crippen LogP contribution in [0.15, 0.2) is 12.3 Å². The van der Waals surface area contributed by atoms with Crippen LogP contribution in [0.4, 0.5) is 0 Å². The standard InChI is InChI=1S/C13H17N3O2/c1-8(2)17-12(15)11-5-10(6-14)13(16-7-11)18-9(3)4/h5,7-9,15H,1-4H3. The molecule has 1 heterocycles. The summed E-state index contributed by atoms with van der Waals surface area (Å²) in [6.45, 7) is 7.40. The fourth-order valence-corrected chi connectivity index (χ4v) is 1.28. The molecule has 5 heteroatoms. The summed E-state index contributed by atoms with van der Waals surface area (Å²) < 4.78 is 10.7. The number of pyridine rings is 1. The normalized spacial score (nSPS) is 10.3. The average Bonchev–Trinajstić information content (AvgIpc) is 2.27. The lowest BCUT2D eigenvalue weighted by molar-refractivity contribution is 0.226. The molecule has 1 rings (SSSR count). The number of ether oxygens (including phenoxy) is 2. The second-order valence-electron chi connectivity index (χ2n) is 4.35. The highest BCUT2D eigenvalue weighted by Crippen LogP contribution is 2.17. The molecule has 1 aromatic rings. The Kier molecular flexibility index (Phi) is 4.67. The molecule has 0 aliphatic carbocycles. The molecule has 0 amide bonds. The Hall–Kier alpha value is -2.09. The van der Waals surface area contributed by atoms with E-state index in [1.807, 2.05) is 33.8 Å². The van der Waals surface area contributed by atoms with E-state index < -0.39 is 0 Å². The third kappa shape index (κ3) is 3.74. The zero-order valence-corrected chi connectivity index (χ0v) is 11.0. The summed E-state index contributed by atoms with van der Waals surface area (Å²) in [5.74, 6) is 0.290. The topological polar surface area (TPSA) is 79.0 Å². The SMILES string of the molecule is CC(C)OC(=N)c1cnc(OC(C)C)c(C#N)c1. The molecule has 1 aromatic heterocycles. The van der Waals surface area contributed by atoms with Gasteiger partial charge in [-0.15, -0.1) is 0 Å². The van der Waals surface area contributed by atoms with Crippen molar-refractivity contribution in [3.05, 3.63) is 23.4 Å². The van der Waals surface area contributed by atoms with Crippen molar-refractivity contribution in [3.63, 3.8) is 0 Å². The van der Waals surface area contributed by atoms with E-state index in [1.165, 1.54) is 6.20 Å². The Morgan fingerprint density at radius 3 is 2.50 bits per heavy atom. The molecular formula is C13H17N3O2. The van der Waals surface area contributed by atoms with Crippen molar-refractivity contribution in [2.45, 2.75) is 39.9 Å². The lowest BCUT2D eigenvalue weighted by Gasteiger charge is -2.13. The van der Waals surface area contributed by atoms with Gasteiger partial charge in [0.2, 0.25) is 11.8 Å². The highest BCUT2D eigenvalue weighted by Gasteiger charge is 2.12. The van der Waals surface area contributed by atoms with Crippen LogP contribution in [0.25, 0.3) is 0 Å². The monoisotopic (exact) mass is 247 g/mol.